The molecule has 0 bridgehead atoms. The normalized spacial score (nSPS) is 12.7. The van der Waals surface area contributed by atoms with Crippen molar-refractivity contribution in [3.8, 4) is 0 Å². The molecule has 1 rings (SSSR count). The van der Waals surface area contributed by atoms with Crippen molar-refractivity contribution in [1.82, 2.24) is 10.3 Å². The van der Waals surface area contributed by atoms with Crippen molar-refractivity contribution in [2.45, 2.75) is 13.3 Å². The van der Waals surface area contributed by atoms with Crippen molar-refractivity contribution in [3.05, 3.63) is 29.8 Å². The number of rotatable bonds is 7. The zero-order valence-electron chi connectivity index (χ0n) is 9.87. The summed E-state index contributed by atoms with van der Waals surface area (Å²) in [6.07, 6.45) is 3.62. The van der Waals surface area contributed by atoms with Gasteiger partial charge in [0.15, 0.2) is 0 Å². The molecule has 90 valence electrons. The third kappa shape index (κ3) is 4.68. The Morgan fingerprint density at radius 2 is 2.38 bits per heavy atom. The Kier molecular flexibility index (Phi) is 5.96. The van der Waals surface area contributed by atoms with Crippen molar-refractivity contribution in [2.24, 2.45) is 5.92 Å². The van der Waals surface area contributed by atoms with Gasteiger partial charge in [-0.05, 0) is 30.5 Å². The van der Waals surface area contributed by atoms with Crippen LogP contribution in [-0.2, 0) is 11.2 Å². The summed E-state index contributed by atoms with van der Waals surface area (Å²) >= 11 is 0. The number of aromatic nitrogens is 1. The van der Waals surface area contributed by atoms with E-state index in [0.717, 1.165) is 25.1 Å². The Balaban J connectivity index is 2.28. The van der Waals surface area contributed by atoms with Gasteiger partial charge in [0.25, 0.3) is 0 Å². The van der Waals surface area contributed by atoms with Crippen molar-refractivity contribution >= 4 is 0 Å². The van der Waals surface area contributed by atoms with Crippen LogP contribution in [-0.4, -0.2) is 31.8 Å². The molecule has 16 heavy (non-hydrogen) atoms. The highest BCUT2D eigenvalue weighted by atomic mass is 19.1. The maximum absolute atomic E-state index is 13.3. The Morgan fingerprint density at radius 3 is 3.06 bits per heavy atom. The van der Waals surface area contributed by atoms with E-state index in [2.05, 4.69) is 17.2 Å². The molecule has 0 radical (unpaired) electrons. The monoisotopic (exact) mass is 226 g/mol. The molecule has 3 nitrogen and oxygen atoms in total. The smallest absolute Gasteiger partial charge is 0.144 e. The summed E-state index contributed by atoms with van der Waals surface area (Å²) in [7, 11) is 1.68. The topological polar surface area (TPSA) is 34.1 Å². The van der Waals surface area contributed by atoms with Gasteiger partial charge in [-0.2, -0.15) is 0 Å². The van der Waals surface area contributed by atoms with Crippen LogP contribution in [0.1, 0.15) is 12.5 Å². The Hall–Kier alpha value is -1.00. The highest BCUT2D eigenvalue weighted by molar-refractivity contribution is 5.13. The molecule has 0 aliphatic rings. The number of ether oxygens (including phenoxy) is 1. The maximum Gasteiger partial charge on any atom is 0.144 e. The number of nitrogens with one attached hydrogen (secondary N) is 1. The molecule has 0 aliphatic carbocycles. The highest BCUT2D eigenvalue weighted by Crippen LogP contribution is 2.10. The van der Waals surface area contributed by atoms with E-state index in [1.807, 2.05) is 0 Å². The Bertz CT molecular complexity index is 307. The molecule has 0 saturated carbocycles. The predicted octanol–water partition coefficient (Wildman–Crippen LogP) is 1.64. The maximum atomic E-state index is 13.3. The largest absolute Gasteiger partial charge is 0.383 e. The van der Waals surface area contributed by atoms with Crippen LogP contribution in [0, 0.1) is 11.7 Å². The first-order valence-electron chi connectivity index (χ1n) is 5.52. The fourth-order valence-electron chi connectivity index (χ4n) is 1.54. The summed E-state index contributed by atoms with van der Waals surface area (Å²) in [6.45, 7) is 4.50. The molecule has 0 fully saturated rings. The third-order valence-electron chi connectivity index (χ3n) is 2.40. The molecule has 0 amide bonds. The fourth-order valence-corrected chi connectivity index (χ4v) is 1.54. The van der Waals surface area contributed by atoms with E-state index in [4.69, 9.17) is 4.74 Å². The highest BCUT2D eigenvalue weighted by Gasteiger charge is 2.07. The average molecular weight is 226 g/mol. The van der Waals surface area contributed by atoms with Crippen molar-refractivity contribution in [2.75, 3.05) is 26.8 Å². The second-order valence-corrected chi connectivity index (χ2v) is 3.97. The zero-order chi connectivity index (χ0) is 11.8. The minimum absolute atomic E-state index is 0.216. The number of pyridine rings is 1. The van der Waals surface area contributed by atoms with Gasteiger partial charge < -0.3 is 10.1 Å². The van der Waals surface area contributed by atoms with Gasteiger partial charge in [-0.15, -0.1) is 0 Å². The number of nitrogens with zero attached hydrogens (tertiary/aromatic N) is 1. The zero-order valence-corrected chi connectivity index (χ0v) is 9.87. The van der Waals surface area contributed by atoms with E-state index in [1.165, 1.54) is 6.20 Å². The van der Waals surface area contributed by atoms with Gasteiger partial charge in [0, 0.05) is 19.9 Å². The molecule has 1 heterocycles. The molecular formula is C12H19FN2O. The molecule has 1 aromatic heterocycles. The predicted molar refractivity (Wildman–Crippen MR) is 61.8 cm³/mol. The number of hydrogen-bond acceptors (Lipinski definition) is 3. The molecule has 0 aromatic carbocycles. The summed E-state index contributed by atoms with van der Waals surface area (Å²) in [4.78, 5) is 3.73. The van der Waals surface area contributed by atoms with Gasteiger partial charge in [0.1, 0.15) is 5.82 Å². The summed E-state index contributed by atoms with van der Waals surface area (Å²) in [6, 6.07) is 1.74. The molecule has 1 atom stereocenters. The summed E-state index contributed by atoms with van der Waals surface area (Å²) < 4.78 is 18.2. The average Bonchev–Trinajstić information content (AvgIpc) is 2.28. The Labute approximate surface area is 96.0 Å². The standard InChI is InChI=1S/C12H19FN2O/c1-10(8-15-5-6-16-2)7-11-3-4-14-9-12(11)13/h3-4,9-10,15H,5-8H2,1-2H3. The lowest BCUT2D eigenvalue weighted by atomic mass is 10.0. The SMILES string of the molecule is COCCNCC(C)Cc1ccncc1F. The van der Waals surface area contributed by atoms with Crippen LogP contribution in [0.3, 0.4) is 0 Å². The van der Waals surface area contributed by atoms with Gasteiger partial charge in [-0.1, -0.05) is 6.92 Å². The molecule has 0 saturated heterocycles. The Morgan fingerprint density at radius 1 is 1.56 bits per heavy atom. The van der Waals surface area contributed by atoms with Gasteiger partial charge in [-0.3, -0.25) is 4.98 Å². The second kappa shape index (κ2) is 7.30. The van der Waals surface area contributed by atoms with Crippen LogP contribution in [0.15, 0.2) is 18.5 Å². The first-order chi connectivity index (χ1) is 7.74. The molecule has 0 aliphatic heterocycles. The van der Waals surface area contributed by atoms with Gasteiger partial charge >= 0.3 is 0 Å². The molecule has 1 N–H and O–H groups in total. The van der Waals surface area contributed by atoms with E-state index in [0.29, 0.717) is 12.5 Å². The van der Waals surface area contributed by atoms with Crippen LogP contribution in [0.25, 0.3) is 0 Å². The number of halogens is 1. The fraction of sp³-hybridized carbons (Fsp3) is 0.583. The first kappa shape index (κ1) is 13.1. The molecular weight excluding hydrogens is 207 g/mol. The number of hydrogen-bond donors (Lipinski definition) is 1. The van der Waals surface area contributed by atoms with E-state index in [-0.39, 0.29) is 5.82 Å². The van der Waals surface area contributed by atoms with Gasteiger partial charge in [-0.25, -0.2) is 4.39 Å². The quantitative estimate of drug-likeness (QED) is 0.718. The van der Waals surface area contributed by atoms with Crippen molar-refractivity contribution < 1.29 is 9.13 Å². The first-order valence-corrected chi connectivity index (χ1v) is 5.52. The van der Waals surface area contributed by atoms with E-state index in [1.54, 1.807) is 19.4 Å². The van der Waals surface area contributed by atoms with Crippen LogP contribution < -0.4 is 5.32 Å². The summed E-state index contributed by atoms with van der Waals surface area (Å²) in [5.74, 6) is 0.181. The van der Waals surface area contributed by atoms with Crippen LogP contribution in [0.5, 0.6) is 0 Å². The van der Waals surface area contributed by atoms with Crippen molar-refractivity contribution in [3.63, 3.8) is 0 Å². The summed E-state index contributed by atoms with van der Waals surface area (Å²) in [5.41, 5.74) is 0.732. The van der Waals surface area contributed by atoms with E-state index < -0.39 is 0 Å². The molecule has 4 heteroatoms. The lowest BCUT2D eigenvalue weighted by Gasteiger charge is -2.12. The third-order valence-corrected chi connectivity index (χ3v) is 2.40. The lowest BCUT2D eigenvalue weighted by molar-refractivity contribution is 0.198. The molecule has 1 unspecified atom stereocenters. The van der Waals surface area contributed by atoms with E-state index in [9.17, 15) is 4.39 Å². The van der Waals surface area contributed by atoms with Crippen molar-refractivity contribution in [1.29, 1.82) is 0 Å². The minimum atomic E-state index is -0.216. The molecule has 1 aromatic rings. The lowest BCUT2D eigenvalue weighted by Crippen LogP contribution is -2.25. The second-order valence-electron chi connectivity index (χ2n) is 3.97. The van der Waals surface area contributed by atoms with Crippen LogP contribution >= 0.6 is 0 Å². The summed E-state index contributed by atoms with van der Waals surface area (Å²) in [5, 5.41) is 3.26. The van der Waals surface area contributed by atoms with Crippen LogP contribution in [0.4, 0.5) is 4.39 Å². The van der Waals surface area contributed by atoms with E-state index >= 15 is 0 Å². The number of methoxy groups -OCH3 is 1. The van der Waals surface area contributed by atoms with Crippen LogP contribution in [0.2, 0.25) is 0 Å². The minimum Gasteiger partial charge on any atom is -0.383 e. The van der Waals surface area contributed by atoms with Gasteiger partial charge in [0.2, 0.25) is 0 Å². The van der Waals surface area contributed by atoms with Gasteiger partial charge in [0.05, 0.1) is 12.8 Å². The molecule has 0 spiro atoms.